The molecule has 0 aliphatic carbocycles. The molecule has 1 fully saturated rings. The van der Waals surface area contributed by atoms with Gasteiger partial charge in [-0.15, -0.1) is 0 Å². The van der Waals surface area contributed by atoms with Crippen molar-refractivity contribution < 1.29 is 4.79 Å². The summed E-state index contributed by atoms with van der Waals surface area (Å²) in [6.07, 6.45) is 3.95. The molecule has 2 aromatic carbocycles. The second kappa shape index (κ2) is 7.75. The minimum Gasteiger partial charge on any atom is -0.332 e. The fraction of sp³-hybridized carbons (Fsp3) is 0.182. The maximum absolute atomic E-state index is 12.8. The number of amides is 1. The molecule has 0 radical (unpaired) electrons. The molecule has 0 bridgehead atoms. The molecule has 130 valence electrons. The van der Waals surface area contributed by atoms with Gasteiger partial charge in [-0.3, -0.25) is 4.79 Å². The van der Waals surface area contributed by atoms with Gasteiger partial charge in [-0.2, -0.15) is 0 Å². The number of hydrogen-bond donors (Lipinski definition) is 0. The van der Waals surface area contributed by atoms with Gasteiger partial charge >= 0.3 is 0 Å². The third kappa shape index (κ3) is 3.65. The summed E-state index contributed by atoms with van der Waals surface area (Å²) >= 11 is 1.65. The first kappa shape index (κ1) is 16.9. The quantitative estimate of drug-likeness (QED) is 0.640. The van der Waals surface area contributed by atoms with Crippen LogP contribution in [-0.2, 0) is 0 Å². The maximum Gasteiger partial charge on any atom is 0.254 e. The van der Waals surface area contributed by atoms with Crippen LogP contribution in [0.15, 0.2) is 88.9 Å². The van der Waals surface area contributed by atoms with E-state index in [1.54, 1.807) is 11.8 Å². The molecule has 0 saturated carbocycles. The van der Waals surface area contributed by atoms with E-state index in [1.807, 2.05) is 59.6 Å². The average molecular weight is 360 g/mol. The van der Waals surface area contributed by atoms with Crippen molar-refractivity contribution in [3.05, 3.63) is 90.1 Å². The topological polar surface area (TPSA) is 33.2 Å². The Morgan fingerprint density at radius 3 is 2.38 bits per heavy atom. The lowest BCUT2D eigenvalue weighted by Crippen LogP contribution is -2.30. The van der Waals surface area contributed by atoms with E-state index >= 15 is 0 Å². The lowest BCUT2D eigenvalue weighted by Gasteiger charge is -2.25. The monoisotopic (exact) mass is 360 g/mol. The van der Waals surface area contributed by atoms with Crippen molar-refractivity contribution in [1.82, 2.24) is 9.88 Å². The van der Waals surface area contributed by atoms with E-state index in [9.17, 15) is 4.79 Å². The SMILES string of the molecule is O=C(c1ccccc1)N1CCC[C@@H]1c1ccc(Sc2ccccc2)nc1. The number of benzene rings is 2. The van der Waals surface area contributed by atoms with Crippen LogP contribution < -0.4 is 0 Å². The van der Waals surface area contributed by atoms with Crippen LogP contribution in [0.2, 0.25) is 0 Å². The van der Waals surface area contributed by atoms with E-state index in [0.29, 0.717) is 0 Å². The summed E-state index contributed by atoms with van der Waals surface area (Å²) in [6.45, 7) is 0.804. The van der Waals surface area contributed by atoms with Crippen molar-refractivity contribution in [2.24, 2.45) is 0 Å². The number of aromatic nitrogens is 1. The zero-order valence-electron chi connectivity index (χ0n) is 14.4. The van der Waals surface area contributed by atoms with Crippen molar-refractivity contribution in [1.29, 1.82) is 0 Å². The normalized spacial score (nSPS) is 16.6. The highest BCUT2D eigenvalue weighted by atomic mass is 32.2. The maximum atomic E-state index is 12.8. The summed E-state index contributed by atoms with van der Waals surface area (Å²) in [6, 6.07) is 24.0. The molecule has 1 amide bonds. The molecule has 1 aliphatic rings. The summed E-state index contributed by atoms with van der Waals surface area (Å²) < 4.78 is 0. The van der Waals surface area contributed by atoms with Crippen LogP contribution in [0.1, 0.15) is 34.8 Å². The molecule has 1 aromatic heterocycles. The molecule has 3 aromatic rings. The number of carbonyl (C=O) groups is 1. The van der Waals surface area contributed by atoms with Gasteiger partial charge in [-0.1, -0.05) is 54.2 Å². The van der Waals surface area contributed by atoms with Gasteiger partial charge in [0.2, 0.25) is 0 Å². The lowest BCUT2D eigenvalue weighted by molar-refractivity contribution is 0.0735. The van der Waals surface area contributed by atoms with E-state index in [0.717, 1.165) is 35.5 Å². The summed E-state index contributed by atoms with van der Waals surface area (Å²) in [5.41, 5.74) is 1.87. The second-order valence-corrected chi connectivity index (χ2v) is 7.46. The van der Waals surface area contributed by atoms with Gasteiger partial charge in [0, 0.05) is 23.2 Å². The van der Waals surface area contributed by atoms with Gasteiger partial charge < -0.3 is 4.90 Å². The minimum atomic E-state index is 0.107. The predicted molar refractivity (Wildman–Crippen MR) is 104 cm³/mol. The van der Waals surface area contributed by atoms with Gasteiger partial charge in [-0.25, -0.2) is 4.98 Å². The number of carbonyl (C=O) groups excluding carboxylic acids is 1. The standard InChI is InChI=1S/C22H20N2OS/c25-22(17-8-3-1-4-9-17)24-15-7-12-20(24)18-13-14-21(23-16-18)26-19-10-5-2-6-11-19/h1-6,8-11,13-14,16,20H,7,12,15H2/t20-/m1/s1. The smallest absolute Gasteiger partial charge is 0.254 e. The Labute approximate surface area is 158 Å². The Balaban J connectivity index is 1.50. The first-order chi connectivity index (χ1) is 12.8. The van der Waals surface area contributed by atoms with Crippen molar-refractivity contribution in [3.8, 4) is 0 Å². The molecular formula is C22H20N2OS. The first-order valence-corrected chi connectivity index (χ1v) is 9.68. The van der Waals surface area contributed by atoms with E-state index < -0.39 is 0 Å². The van der Waals surface area contributed by atoms with E-state index in [4.69, 9.17) is 0 Å². The van der Waals surface area contributed by atoms with Crippen LogP contribution in [0.3, 0.4) is 0 Å². The van der Waals surface area contributed by atoms with Crippen LogP contribution in [0.5, 0.6) is 0 Å². The van der Waals surface area contributed by atoms with Gasteiger partial charge in [-0.05, 0) is 48.7 Å². The Morgan fingerprint density at radius 2 is 1.69 bits per heavy atom. The first-order valence-electron chi connectivity index (χ1n) is 8.86. The molecular weight excluding hydrogens is 340 g/mol. The fourth-order valence-electron chi connectivity index (χ4n) is 3.36. The molecule has 0 N–H and O–H groups in total. The van der Waals surface area contributed by atoms with Crippen LogP contribution in [0.25, 0.3) is 0 Å². The average Bonchev–Trinajstić information content (AvgIpc) is 3.19. The summed E-state index contributed by atoms with van der Waals surface area (Å²) in [5, 5.41) is 0.971. The predicted octanol–water partition coefficient (Wildman–Crippen LogP) is 5.21. The molecule has 4 heteroatoms. The molecule has 2 heterocycles. The zero-order valence-corrected chi connectivity index (χ0v) is 15.2. The number of pyridine rings is 1. The minimum absolute atomic E-state index is 0.107. The Bertz CT molecular complexity index is 866. The van der Waals surface area contributed by atoms with E-state index in [2.05, 4.69) is 29.2 Å². The Hall–Kier alpha value is -2.59. The van der Waals surface area contributed by atoms with E-state index in [1.165, 1.54) is 4.90 Å². The molecule has 1 saturated heterocycles. The molecule has 1 atom stereocenters. The van der Waals surface area contributed by atoms with Crippen molar-refractivity contribution in [2.75, 3.05) is 6.54 Å². The van der Waals surface area contributed by atoms with Crippen molar-refractivity contribution >= 4 is 17.7 Å². The van der Waals surface area contributed by atoms with Crippen LogP contribution in [0.4, 0.5) is 0 Å². The third-order valence-corrected chi connectivity index (χ3v) is 5.60. The summed E-state index contributed by atoms with van der Waals surface area (Å²) in [4.78, 5) is 20.6. The van der Waals surface area contributed by atoms with Gasteiger partial charge in [0.15, 0.2) is 0 Å². The van der Waals surface area contributed by atoms with Gasteiger partial charge in [0.25, 0.3) is 5.91 Å². The van der Waals surface area contributed by atoms with E-state index in [-0.39, 0.29) is 11.9 Å². The number of rotatable bonds is 4. The molecule has 0 unspecified atom stereocenters. The fourth-order valence-corrected chi connectivity index (χ4v) is 4.14. The lowest BCUT2D eigenvalue weighted by atomic mass is 10.1. The Morgan fingerprint density at radius 1 is 0.962 bits per heavy atom. The molecule has 0 spiro atoms. The van der Waals surface area contributed by atoms with Crippen LogP contribution in [0, 0.1) is 0 Å². The highest BCUT2D eigenvalue weighted by Gasteiger charge is 2.30. The zero-order chi connectivity index (χ0) is 17.8. The van der Waals surface area contributed by atoms with Crippen LogP contribution >= 0.6 is 11.8 Å². The van der Waals surface area contributed by atoms with Crippen molar-refractivity contribution in [3.63, 3.8) is 0 Å². The third-order valence-electron chi connectivity index (χ3n) is 4.64. The number of likely N-dealkylation sites (tertiary alicyclic amines) is 1. The summed E-state index contributed by atoms with van der Waals surface area (Å²) in [5.74, 6) is 0.107. The Kier molecular flexibility index (Phi) is 5.02. The second-order valence-electron chi connectivity index (χ2n) is 6.37. The van der Waals surface area contributed by atoms with Gasteiger partial charge in [0.05, 0.1) is 6.04 Å². The van der Waals surface area contributed by atoms with Crippen LogP contribution in [-0.4, -0.2) is 22.3 Å². The molecule has 4 rings (SSSR count). The molecule has 3 nitrogen and oxygen atoms in total. The summed E-state index contributed by atoms with van der Waals surface area (Å²) in [7, 11) is 0. The highest BCUT2D eigenvalue weighted by molar-refractivity contribution is 7.99. The highest BCUT2D eigenvalue weighted by Crippen LogP contribution is 2.34. The molecule has 1 aliphatic heterocycles. The number of hydrogen-bond acceptors (Lipinski definition) is 3. The largest absolute Gasteiger partial charge is 0.332 e. The van der Waals surface area contributed by atoms with Crippen molar-refractivity contribution in [2.45, 2.75) is 28.8 Å². The van der Waals surface area contributed by atoms with Gasteiger partial charge in [0.1, 0.15) is 5.03 Å². The number of nitrogens with zero attached hydrogens (tertiary/aromatic N) is 2. The molecule has 26 heavy (non-hydrogen) atoms.